The summed E-state index contributed by atoms with van der Waals surface area (Å²) in [7, 11) is 0. The highest BCUT2D eigenvalue weighted by atomic mass is 79.9. The van der Waals surface area contributed by atoms with E-state index in [2.05, 4.69) is 32.7 Å². The van der Waals surface area contributed by atoms with Gasteiger partial charge in [-0.3, -0.25) is 0 Å². The van der Waals surface area contributed by atoms with Gasteiger partial charge in [-0.15, -0.1) is 0 Å². The van der Waals surface area contributed by atoms with Gasteiger partial charge in [0.15, 0.2) is 0 Å². The second-order valence-electron chi connectivity index (χ2n) is 4.38. The molecule has 0 atom stereocenters. The maximum absolute atomic E-state index is 3.49. The molecule has 15 heavy (non-hydrogen) atoms. The number of hydrogen-bond donors (Lipinski definition) is 0. The van der Waals surface area contributed by atoms with E-state index in [0.717, 1.165) is 5.33 Å². The quantitative estimate of drug-likeness (QED) is 0.629. The number of alkyl halides is 1. The Morgan fingerprint density at radius 3 is 2.40 bits per heavy atom. The van der Waals surface area contributed by atoms with Crippen molar-refractivity contribution in [3.8, 4) is 0 Å². The normalized spacial score (nSPS) is 17.8. The van der Waals surface area contributed by atoms with Crippen molar-refractivity contribution in [3.63, 3.8) is 0 Å². The lowest BCUT2D eigenvalue weighted by Crippen LogP contribution is -2.29. The first-order valence-electron chi connectivity index (χ1n) is 6.37. The van der Waals surface area contributed by atoms with Gasteiger partial charge in [-0.25, -0.2) is 0 Å². The third kappa shape index (κ3) is 5.88. The summed E-state index contributed by atoms with van der Waals surface area (Å²) >= 11 is 3.49. The lowest BCUT2D eigenvalue weighted by molar-refractivity contribution is 0.255. The van der Waals surface area contributed by atoms with Gasteiger partial charge in [0.05, 0.1) is 0 Å². The van der Waals surface area contributed by atoms with Gasteiger partial charge in [-0.1, -0.05) is 22.9 Å². The first-order valence-corrected chi connectivity index (χ1v) is 7.49. The molecule has 1 fully saturated rings. The minimum Gasteiger partial charge on any atom is -0.304 e. The van der Waals surface area contributed by atoms with Gasteiger partial charge in [0.2, 0.25) is 0 Å². The van der Waals surface area contributed by atoms with Crippen LogP contribution < -0.4 is 0 Å². The summed E-state index contributed by atoms with van der Waals surface area (Å²) in [5, 5.41) is 1.13. The Balaban J connectivity index is 2.00. The van der Waals surface area contributed by atoms with Crippen molar-refractivity contribution in [3.05, 3.63) is 0 Å². The predicted octanol–water partition coefficient (Wildman–Crippen LogP) is 2.58. The fourth-order valence-corrected chi connectivity index (χ4v) is 2.49. The Hall–Kier alpha value is 0.400. The first kappa shape index (κ1) is 13.5. The number of rotatable bonds is 8. The van der Waals surface area contributed by atoms with Crippen LogP contribution in [0.5, 0.6) is 0 Å². The van der Waals surface area contributed by atoms with Crippen LogP contribution in [-0.4, -0.2) is 54.4 Å². The molecule has 1 aliphatic heterocycles. The first-order chi connectivity index (χ1) is 7.36. The maximum Gasteiger partial charge on any atom is 0.00434 e. The lowest BCUT2D eigenvalue weighted by Gasteiger charge is -2.21. The van der Waals surface area contributed by atoms with E-state index in [0.29, 0.717) is 0 Å². The molecule has 0 N–H and O–H groups in total. The van der Waals surface area contributed by atoms with E-state index < -0.39 is 0 Å². The molecule has 0 bridgehead atoms. The summed E-state index contributed by atoms with van der Waals surface area (Å²) in [6.07, 6.45) is 5.45. The molecule has 1 aliphatic rings. The van der Waals surface area contributed by atoms with Crippen LogP contribution >= 0.6 is 15.9 Å². The van der Waals surface area contributed by atoms with Crippen LogP contribution in [0.3, 0.4) is 0 Å². The van der Waals surface area contributed by atoms with E-state index in [4.69, 9.17) is 0 Å². The monoisotopic (exact) mass is 276 g/mol. The largest absolute Gasteiger partial charge is 0.304 e. The summed E-state index contributed by atoms with van der Waals surface area (Å²) in [5.41, 5.74) is 0. The third-order valence-corrected chi connectivity index (χ3v) is 3.76. The molecule has 1 heterocycles. The average Bonchev–Trinajstić information content (AvgIpc) is 2.76. The van der Waals surface area contributed by atoms with Crippen molar-refractivity contribution in [2.24, 2.45) is 0 Å². The zero-order chi connectivity index (χ0) is 10.9. The molecule has 0 aromatic carbocycles. The predicted molar refractivity (Wildman–Crippen MR) is 70.8 cm³/mol. The minimum atomic E-state index is 1.13. The summed E-state index contributed by atoms with van der Waals surface area (Å²) < 4.78 is 0. The van der Waals surface area contributed by atoms with Crippen LogP contribution in [0, 0.1) is 0 Å². The van der Waals surface area contributed by atoms with Gasteiger partial charge >= 0.3 is 0 Å². The third-order valence-electron chi connectivity index (χ3n) is 3.20. The van der Waals surface area contributed by atoms with Gasteiger partial charge in [-0.2, -0.15) is 0 Å². The topological polar surface area (TPSA) is 6.48 Å². The molecule has 0 amide bonds. The highest BCUT2D eigenvalue weighted by Crippen LogP contribution is 2.07. The Morgan fingerprint density at radius 1 is 1.13 bits per heavy atom. The molecule has 1 saturated heterocycles. The van der Waals surface area contributed by atoms with E-state index in [-0.39, 0.29) is 0 Å². The zero-order valence-electron chi connectivity index (χ0n) is 10.1. The van der Waals surface area contributed by atoms with E-state index in [9.17, 15) is 0 Å². The molecule has 0 unspecified atom stereocenters. The fraction of sp³-hybridized carbons (Fsp3) is 1.00. The van der Waals surface area contributed by atoms with Crippen LogP contribution in [0.4, 0.5) is 0 Å². The van der Waals surface area contributed by atoms with Crippen molar-refractivity contribution < 1.29 is 0 Å². The smallest absolute Gasteiger partial charge is 0.00434 e. The van der Waals surface area contributed by atoms with Crippen molar-refractivity contribution in [1.29, 1.82) is 0 Å². The second-order valence-corrected chi connectivity index (χ2v) is 5.17. The van der Waals surface area contributed by atoms with Crippen molar-refractivity contribution in [2.45, 2.75) is 32.6 Å². The zero-order valence-corrected chi connectivity index (χ0v) is 11.6. The van der Waals surface area contributed by atoms with E-state index in [1.54, 1.807) is 0 Å². The van der Waals surface area contributed by atoms with E-state index in [1.165, 1.54) is 65.0 Å². The molecule has 1 rings (SSSR count). The molecule has 0 saturated carbocycles. The van der Waals surface area contributed by atoms with Gasteiger partial charge in [0, 0.05) is 5.33 Å². The van der Waals surface area contributed by atoms with Crippen LogP contribution in [0.15, 0.2) is 0 Å². The highest BCUT2D eigenvalue weighted by Gasteiger charge is 2.11. The molecule has 0 radical (unpaired) electrons. The Bertz CT molecular complexity index is 147. The van der Waals surface area contributed by atoms with Crippen molar-refractivity contribution >= 4 is 15.9 Å². The number of likely N-dealkylation sites (tertiary alicyclic amines) is 1. The van der Waals surface area contributed by atoms with E-state index >= 15 is 0 Å². The van der Waals surface area contributed by atoms with Crippen molar-refractivity contribution in [2.75, 3.05) is 44.6 Å². The Morgan fingerprint density at radius 2 is 1.80 bits per heavy atom. The van der Waals surface area contributed by atoms with Gasteiger partial charge in [0.25, 0.3) is 0 Å². The minimum absolute atomic E-state index is 1.13. The van der Waals surface area contributed by atoms with E-state index in [1.807, 2.05) is 0 Å². The second kappa shape index (κ2) is 8.54. The van der Waals surface area contributed by atoms with Gasteiger partial charge in [-0.05, 0) is 65.0 Å². The molecular weight excluding hydrogens is 252 g/mol. The van der Waals surface area contributed by atoms with Crippen LogP contribution in [0.2, 0.25) is 0 Å². The summed E-state index contributed by atoms with van der Waals surface area (Å²) in [5.74, 6) is 0. The number of halogens is 1. The SMILES string of the molecule is CCN(CCCBr)CCCN1CCCC1. The summed E-state index contributed by atoms with van der Waals surface area (Å²) in [6, 6.07) is 0. The lowest BCUT2D eigenvalue weighted by atomic mass is 10.3. The average molecular weight is 277 g/mol. The molecule has 0 aliphatic carbocycles. The van der Waals surface area contributed by atoms with Gasteiger partial charge < -0.3 is 9.80 Å². The van der Waals surface area contributed by atoms with Crippen LogP contribution in [0.1, 0.15) is 32.6 Å². The molecule has 0 aromatic heterocycles. The fourth-order valence-electron chi connectivity index (χ4n) is 2.24. The van der Waals surface area contributed by atoms with Crippen molar-refractivity contribution in [1.82, 2.24) is 9.80 Å². The maximum atomic E-state index is 3.49. The molecule has 3 heteroatoms. The number of nitrogens with zero attached hydrogens (tertiary/aromatic N) is 2. The molecular formula is C12H25BrN2. The molecule has 90 valence electrons. The Labute approximate surface area is 103 Å². The molecule has 0 spiro atoms. The standard InChI is InChI=1S/C12H25BrN2/c1-2-14(10-5-7-13)11-6-12-15-8-3-4-9-15/h2-12H2,1H3. The summed E-state index contributed by atoms with van der Waals surface area (Å²) in [4.78, 5) is 5.18. The Kier molecular flexibility index (Phi) is 7.67. The highest BCUT2D eigenvalue weighted by molar-refractivity contribution is 9.09. The van der Waals surface area contributed by atoms with Crippen LogP contribution in [0.25, 0.3) is 0 Å². The van der Waals surface area contributed by atoms with Crippen LogP contribution in [-0.2, 0) is 0 Å². The number of hydrogen-bond acceptors (Lipinski definition) is 2. The molecule has 0 aromatic rings. The molecule has 2 nitrogen and oxygen atoms in total. The summed E-state index contributed by atoms with van der Waals surface area (Å²) in [6.45, 7) is 9.99. The van der Waals surface area contributed by atoms with Gasteiger partial charge in [0.1, 0.15) is 0 Å².